The van der Waals surface area contributed by atoms with Crippen LogP contribution in [0.4, 0.5) is 4.79 Å². The monoisotopic (exact) mass is 318 g/mol. The predicted molar refractivity (Wildman–Crippen MR) is 93.1 cm³/mol. The summed E-state index contributed by atoms with van der Waals surface area (Å²) in [4.78, 5) is 19.4. The minimum atomic E-state index is -0.417. The molecule has 126 valence electrons. The quantitative estimate of drug-likeness (QED) is 0.819. The largest absolute Gasteiger partial charge is 0.412 e. The van der Waals surface area contributed by atoms with Crippen LogP contribution in [0.15, 0.2) is 24.4 Å². The lowest BCUT2D eigenvalue weighted by Gasteiger charge is -2.12. The number of carbonyl (C=O) groups is 1. The molecule has 0 spiro atoms. The van der Waals surface area contributed by atoms with Crippen molar-refractivity contribution in [2.24, 2.45) is 0 Å². The van der Waals surface area contributed by atoms with Gasteiger partial charge in [-0.25, -0.2) is 4.79 Å². The summed E-state index contributed by atoms with van der Waals surface area (Å²) in [7, 11) is 8.02. The van der Waals surface area contributed by atoms with Crippen molar-refractivity contribution in [3.63, 3.8) is 0 Å². The van der Waals surface area contributed by atoms with Crippen molar-refractivity contribution in [1.82, 2.24) is 20.1 Å². The molecule has 1 heterocycles. The number of H-pyrrole nitrogens is 1. The molecule has 1 amide bonds. The summed E-state index contributed by atoms with van der Waals surface area (Å²) < 4.78 is 5.51. The molecule has 1 aromatic heterocycles. The van der Waals surface area contributed by atoms with Gasteiger partial charge in [-0.15, -0.1) is 0 Å². The minimum Gasteiger partial charge on any atom is -0.410 e. The number of aromatic amines is 1. The Kier molecular flexibility index (Phi) is 6.01. The molecule has 1 aromatic carbocycles. The van der Waals surface area contributed by atoms with Gasteiger partial charge in [0.15, 0.2) is 0 Å². The van der Waals surface area contributed by atoms with E-state index < -0.39 is 6.09 Å². The van der Waals surface area contributed by atoms with Crippen molar-refractivity contribution < 1.29 is 9.53 Å². The van der Waals surface area contributed by atoms with Gasteiger partial charge in [0.25, 0.3) is 0 Å². The smallest absolute Gasteiger partial charge is 0.410 e. The third-order valence-electron chi connectivity index (χ3n) is 3.61. The first-order valence-corrected chi connectivity index (χ1v) is 7.81. The van der Waals surface area contributed by atoms with Crippen molar-refractivity contribution in [3.8, 4) is 5.75 Å². The highest BCUT2D eigenvalue weighted by molar-refractivity contribution is 5.91. The zero-order valence-corrected chi connectivity index (χ0v) is 14.3. The first-order chi connectivity index (χ1) is 11.0. The van der Waals surface area contributed by atoms with Gasteiger partial charge >= 0.3 is 6.09 Å². The molecule has 6 nitrogen and oxygen atoms in total. The molecule has 0 atom stereocenters. The van der Waals surface area contributed by atoms with E-state index in [1.54, 1.807) is 0 Å². The van der Waals surface area contributed by atoms with E-state index in [2.05, 4.69) is 15.2 Å². The summed E-state index contributed by atoms with van der Waals surface area (Å²) in [6.07, 6.45) is 2.47. The van der Waals surface area contributed by atoms with Crippen molar-refractivity contribution in [1.29, 1.82) is 0 Å². The molecule has 0 aliphatic heterocycles. The molecule has 0 unspecified atom stereocenters. The number of carbonyl (C=O) groups excluding carboxylic acids is 1. The zero-order valence-electron chi connectivity index (χ0n) is 14.3. The summed E-state index contributed by atoms with van der Waals surface area (Å²) >= 11 is 0. The number of ether oxygens (including phenoxy) is 1. The van der Waals surface area contributed by atoms with Crippen LogP contribution in [0.3, 0.4) is 0 Å². The Morgan fingerprint density at radius 2 is 1.91 bits per heavy atom. The summed E-state index contributed by atoms with van der Waals surface area (Å²) in [5.74, 6) is 0.597. The van der Waals surface area contributed by atoms with Crippen LogP contribution in [0.25, 0.3) is 10.9 Å². The van der Waals surface area contributed by atoms with E-state index in [0.29, 0.717) is 12.3 Å². The molecule has 23 heavy (non-hydrogen) atoms. The molecule has 6 heteroatoms. The Bertz CT molecular complexity index is 649. The number of nitrogens with zero attached hydrogens (tertiary/aromatic N) is 2. The summed E-state index contributed by atoms with van der Waals surface area (Å²) in [6.45, 7) is 2.27. The number of benzene rings is 1. The van der Waals surface area contributed by atoms with Crippen LogP contribution in [0.5, 0.6) is 5.75 Å². The van der Waals surface area contributed by atoms with Crippen LogP contribution >= 0.6 is 0 Å². The molecule has 0 aliphatic rings. The Hall–Kier alpha value is -2.05. The third kappa shape index (κ3) is 4.97. The molecule has 0 saturated heterocycles. The number of fused-ring (bicyclic) bond motifs is 1. The molecule has 2 rings (SSSR count). The Balaban J connectivity index is 2.10. The maximum Gasteiger partial charge on any atom is 0.412 e. The van der Waals surface area contributed by atoms with E-state index in [9.17, 15) is 4.79 Å². The third-order valence-corrected chi connectivity index (χ3v) is 3.61. The second kappa shape index (κ2) is 7.99. The maximum atomic E-state index is 12.0. The average Bonchev–Trinajstić information content (AvgIpc) is 2.89. The van der Waals surface area contributed by atoms with Gasteiger partial charge in [0.1, 0.15) is 5.75 Å². The highest BCUT2D eigenvalue weighted by Crippen LogP contribution is 2.29. The van der Waals surface area contributed by atoms with Gasteiger partial charge in [0, 0.05) is 36.7 Å². The molecule has 2 N–H and O–H groups in total. The fourth-order valence-corrected chi connectivity index (χ4v) is 2.36. The highest BCUT2D eigenvalue weighted by Gasteiger charge is 2.13. The Labute approximate surface area is 137 Å². The maximum absolute atomic E-state index is 12.0. The van der Waals surface area contributed by atoms with E-state index >= 15 is 0 Å². The normalized spacial score (nSPS) is 11.4. The number of likely N-dealkylation sites (N-methyl/N-ethyl adjacent to an activating group) is 2. The fourth-order valence-electron chi connectivity index (χ4n) is 2.36. The van der Waals surface area contributed by atoms with Gasteiger partial charge in [-0.2, -0.15) is 0 Å². The number of aromatic nitrogens is 1. The molecule has 2 aromatic rings. The minimum absolute atomic E-state index is 0.417. The molecule has 0 radical (unpaired) electrons. The van der Waals surface area contributed by atoms with Gasteiger partial charge in [0.2, 0.25) is 0 Å². The lowest BCUT2D eigenvalue weighted by atomic mass is 10.1. The molecule has 0 aliphatic carbocycles. The summed E-state index contributed by atoms with van der Waals surface area (Å²) in [5.41, 5.74) is 2.14. The zero-order chi connectivity index (χ0) is 16.8. The van der Waals surface area contributed by atoms with Gasteiger partial charge < -0.3 is 24.8 Å². The molecule has 0 fully saturated rings. The first kappa shape index (κ1) is 17.3. The van der Waals surface area contributed by atoms with E-state index in [1.165, 1.54) is 0 Å². The number of amides is 1. The number of nitrogens with one attached hydrogen (secondary N) is 2. The van der Waals surface area contributed by atoms with Crippen LogP contribution in [0, 0.1) is 0 Å². The molecular formula is C17H26N4O2. The molecular weight excluding hydrogens is 292 g/mol. The van der Waals surface area contributed by atoms with E-state index in [-0.39, 0.29) is 0 Å². The lowest BCUT2D eigenvalue weighted by Crippen LogP contribution is -2.33. The second-order valence-corrected chi connectivity index (χ2v) is 6.17. The van der Waals surface area contributed by atoms with Crippen molar-refractivity contribution >= 4 is 17.0 Å². The number of rotatable bonds is 7. The van der Waals surface area contributed by atoms with Crippen molar-refractivity contribution in [2.45, 2.75) is 6.42 Å². The first-order valence-electron chi connectivity index (χ1n) is 7.81. The second-order valence-electron chi connectivity index (χ2n) is 6.17. The molecule has 0 saturated carbocycles. The number of hydrogen-bond donors (Lipinski definition) is 2. The predicted octanol–water partition coefficient (Wildman–Crippen LogP) is 1.92. The Morgan fingerprint density at radius 1 is 1.17 bits per heavy atom. The van der Waals surface area contributed by atoms with Gasteiger partial charge in [-0.3, -0.25) is 0 Å². The van der Waals surface area contributed by atoms with Crippen LogP contribution in [0.1, 0.15) is 5.56 Å². The van der Waals surface area contributed by atoms with Gasteiger partial charge in [0.05, 0.1) is 0 Å². The highest BCUT2D eigenvalue weighted by atomic mass is 16.6. The van der Waals surface area contributed by atoms with Crippen LogP contribution in [0.2, 0.25) is 0 Å². The van der Waals surface area contributed by atoms with Crippen LogP contribution in [-0.2, 0) is 6.42 Å². The standard InChI is InChI=1S/C17H26N4O2/c1-20(2)10-8-13-12-19-14-6-5-7-15(16(13)14)23-17(22)18-9-11-21(3)4/h5-7,12,19H,8-11H2,1-4H3,(H,18,22). The van der Waals surface area contributed by atoms with E-state index in [1.807, 2.05) is 57.5 Å². The topological polar surface area (TPSA) is 60.6 Å². The van der Waals surface area contributed by atoms with Gasteiger partial charge in [-0.1, -0.05) is 6.07 Å². The van der Waals surface area contributed by atoms with E-state index in [0.717, 1.165) is 36.0 Å². The van der Waals surface area contributed by atoms with Crippen molar-refractivity contribution in [3.05, 3.63) is 30.0 Å². The summed E-state index contributed by atoms with van der Waals surface area (Å²) in [6, 6.07) is 5.71. The SMILES string of the molecule is CN(C)CCNC(=O)Oc1cccc2[nH]cc(CCN(C)C)c12. The van der Waals surface area contributed by atoms with Gasteiger partial charge in [-0.05, 0) is 52.3 Å². The van der Waals surface area contributed by atoms with E-state index in [4.69, 9.17) is 4.74 Å². The lowest BCUT2D eigenvalue weighted by molar-refractivity contribution is 0.200. The average molecular weight is 318 g/mol. The van der Waals surface area contributed by atoms with Crippen LogP contribution < -0.4 is 10.1 Å². The fraction of sp³-hybridized carbons (Fsp3) is 0.471. The number of hydrogen-bond acceptors (Lipinski definition) is 4. The van der Waals surface area contributed by atoms with Crippen LogP contribution in [-0.4, -0.2) is 68.7 Å². The summed E-state index contributed by atoms with van der Waals surface area (Å²) in [5, 5.41) is 3.75. The molecule has 0 bridgehead atoms. The van der Waals surface area contributed by atoms with Crippen molar-refractivity contribution in [2.75, 3.05) is 47.8 Å². The Morgan fingerprint density at radius 3 is 2.61 bits per heavy atom.